The van der Waals surface area contributed by atoms with Crippen molar-refractivity contribution in [3.05, 3.63) is 76.9 Å². The summed E-state index contributed by atoms with van der Waals surface area (Å²) in [6.45, 7) is 2.88. The van der Waals surface area contributed by atoms with Crippen LogP contribution in [0, 0.1) is 0 Å². The van der Waals surface area contributed by atoms with Gasteiger partial charge in [-0.1, -0.05) is 47.1 Å². The summed E-state index contributed by atoms with van der Waals surface area (Å²) in [5.41, 5.74) is 2.07. The van der Waals surface area contributed by atoms with Crippen LogP contribution >= 0.6 is 11.6 Å². The SMILES string of the molecule is O=C(Cc1noc(C(=O)N2CCN(c3ccc(Cl)cc3)CC2)n1)NCc1ccccc1. The molecule has 1 aromatic heterocycles. The number of hydrogen-bond acceptors (Lipinski definition) is 6. The summed E-state index contributed by atoms with van der Waals surface area (Å²) < 4.78 is 5.11. The van der Waals surface area contributed by atoms with Crippen molar-refractivity contribution < 1.29 is 14.1 Å². The second-order valence-corrected chi connectivity index (χ2v) is 7.65. The molecule has 9 heteroatoms. The fraction of sp³-hybridized carbons (Fsp3) is 0.273. The van der Waals surface area contributed by atoms with Crippen molar-refractivity contribution >= 4 is 29.1 Å². The van der Waals surface area contributed by atoms with Gasteiger partial charge in [0.2, 0.25) is 5.91 Å². The molecule has 0 saturated carbocycles. The number of carbonyl (C=O) groups is 2. The Hall–Kier alpha value is -3.39. The highest BCUT2D eigenvalue weighted by Crippen LogP contribution is 2.20. The van der Waals surface area contributed by atoms with Crippen LogP contribution in [0.25, 0.3) is 0 Å². The predicted molar refractivity (Wildman–Crippen MR) is 116 cm³/mol. The van der Waals surface area contributed by atoms with Gasteiger partial charge in [0.25, 0.3) is 0 Å². The number of anilines is 1. The monoisotopic (exact) mass is 439 g/mol. The number of halogens is 1. The molecule has 0 atom stereocenters. The highest BCUT2D eigenvalue weighted by Gasteiger charge is 2.26. The lowest BCUT2D eigenvalue weighted by Crippen LogP contribution is -2.48. The normalized spacial score (nSPS) is 13.8. The van der Waals surface area contributed by atoms with Crippen LogP contribution in [0.15, 0.2) is 59.1 Å². The van der Waals surface area contributed by atoms with Crippen molar-refractivity contribution in [1.82, 2.24) is 20.4 Å². The topological polar surface area (TPSA) is 91.6 Å². The first kappa shape index (κ1) is 20.9. The predicted octanol–water partition coefficient (Wildman–Crippen LogP) is 2.54. The number of benzene rings is 2. The van der Waals surface area contributed by atoms with Crippen LogP contribution in [-0.4, -0.2) is 53.0 Å². The van der Waals surface area contributed by atoms with Crippen molar-refractivity contribution in [2.45, 2.75) is 13.0 Å². The first-order valence-corrected chi connectivity index (χ1v) is 10.4. The number of carbonyl (C=O) groups excluding carboxylic acids is 2. The van der Waals surface area contributed by atoms with Gasteiger partial charge in [-0.15, -0.1) is 0 Å². The Kier molecular flexibility index (Phi) is 6.47. The van der Waals surface area contributed by atoms with Crippen LogP contribution in [0.4, 0.5) is 5.69 Å². The molecule has 160 valence electrons. The molecule has 1 aliphatic rings. The minimum absolute atomic E-state index is 0.0477. The molecule has 0 spiro atoms. The smallest absolute Gasteiger partial charge is 0.316 e. The van der Waals surface area contributed by atoms with Crippen molar-refractivity contribution in [1.29, 1.82) is 0 Å². The fourth-order valence-electron chi connectivity index (χ4n) is 3.37. The van der Waals surface area contributed by atoms with Gasteiger partial charge in [0, 0.05) is 43.4 Å². The average Bonchev–Trinajstić information content (AvgIpc) is 3.27. The van der Waals surface area contributed by atoms with Crippen LogP contribution in [0.1, 0.15) is 22.1 Å². The molecule has 1 aliphatic heterocycles. The lowest BCUT2D eigenvalue weighted by molar-refractivity contribution is -0.120. The maximum atomic E-state index is 12.7. The Balaban J connectivity index is 1.27. The maximum Gasteiger partial charge on any atom is 0.316 e. The standard InChI is InChI=1S/C22H22ClN5O3/c23-17-6-8-18(9-7-17)27-10-12-28(13-11-27)22(30)21-25-19(26-31-21)14-20(29)24-15-16-4-2-1-3-5-16/h1-9H,10-15H2,(H,24,29). The number of hydrogen-bond donors (Lipinski definition) is 1. The Morgan fingerprint density at radius 2 is 1.71 bits per heavy atom. The number of aromatic nitrogens is 2. The zero-order valence-electron chi connectivity index (χ0n) is 16.8. The van der Waals surface area contributed by atoms with E-state index >= 15 is 0 Å². The summed E-state index contributed by atoms with van der Waals surface area (Å²) in [6.07, 6.45) is -0.0477. The third kappa shape index (κ3) is 5.40. The molecule has 2 amide bonds. The van der Waals surface area contributed by atoms with Crippen LogP contribution in [-0.2, 0) is 17.8 Å². The largest absolute Gasteiger partial charge is 0.368 e. The number of nitrogens with zero attached hydrogens (tertiary/aromatic N) is 4. The fourth-order valence-corrected chi connectivity index (χ4v) is 3.50. The Bertz CT molecular complexity index is 1030. The van der Waals surface area contributed by atoms with Gasteiger partial charge in [-0.25, -0.2) is 0 Å². The number of amides is 2. The second-order valence-electron chi connectivity index (χ2n) is 7.21. The van der Waals surface area contributed by atoms with E-state index in [1.807, 2.05) is 54.6 Å². The summed E-state index contributed by atoms with van der Waals surface area (Å²) in [5, 5.41) is 7.28. The molecule has 3 aromatic rings. The molecule has 2 aromatic carbocycles. The summed E-state index contributed by atoms with van der Waals surface area (Å²) in [5.74, 6) is -0.459. The third-order valence-electron chi connectivity index (χ3n) is 5.06. The molecule has 4 rings (SSSR count). The molecular weight excluding hydrogens is 418 g/mol. The Morgan fingerprint density at radius 1 is 1.00 bits per heavy atom. The Morgan fingerprint density at radius 3 is 2.42 bits per heavy atom. The lowest BCUT2D eigenvalue weighted by atomic mass is 10.2. The van der Waals surface area contributed by atoms with Crippen LogP contribution in [0.2, 0.25) is 5.02 Å². The van der Waals surface area contributed by atoms with Gasteiger partial charge in [0.1, 0.15) is 0 Å². The van der Waals surface area contributed by atoms with Crippen molar-refractivity contribution in [3.8, 4) is 0 Å². The van der Waals surface area contributed by atoms with Gasteiger partial charge in [0.05, 0.1) is 6.42 Å². The van der Waals surface area contributed by atoms with E-state index in [9.17, 15) is 9.59 Å². The zero-order chi connectivity index (χ0) is 21.6. The van der Waals surface area contributed by atoms with Crippen molar-refractivity contribution in [3.63, 3.8) is 0 Å². The number of rotatable bonds is 6. The lowest BCUT2D eigenvalue weighted by Gasteiger charge is -2.35. The van der Waals surface area contributed by atoms with Gasteiger partial charge in [-0.3, -0.25) is 9.59 Å². The van der Waals surface area contributed by atoms with E-state index in [-0.39, 0.29) is 30.0 Å². The molecule has 31 heavy (non-hydrogen) atoms. The van der Waals surface area contributed by atoms with Crippen molar-refractivity contribution in [2.75, 3.05) is 31.1 Å². The van der Waals surface area contributed by atoms with E-state index in [0.29, 0.717) is 37.7 Å². The highest BCUT2D eigenvalue weighted by atomic mass is 35.5. The van der Waals surface area contributed by atoms with E-state index in [4.69, 9.17) is 16.1 Å². The van der Waals surface area contributed by atoms with E-state index in [1.165, 1.54) is 0 Å². The quantitative estimate of drug-likeness (QED) is 0.634. The van der Waals surface area contributed by atoms with Gasteiger partial charge >= 0.3 is 11.8 Å². The molecule has 1 saturated heterocycles. The Labute approximate surface area is 184 Å². The van der Waals surface area contributed by atoms with Gasteiger partial charge in [-0.05, 0) is 29.8 Å². The van der Waals surface area contributed by atoms with E-state index in [2.05, 4.69) is 20.4 Å². The number of nitrogens with one attached hydrogen (secondary N) is 1. The average molecular weight is 440 g/mol. The minimum Gasteiger partial charge on any atom is -0.368 e. The van der Waals surface area contributed by atoms with E-state index in [0.717, 1.165) is 11.3 Å². The van der Waals surface area contributed by atoms with Crippen LogP contribution in [0.5, 0.6) is 0 Å². The molecule has 0 unspecified atom stereocenters. The summed E-state index contributed by atoms with van der Waals surface area (Å²) >= 11 is 5.94. The van der Waals surface area contributed by atoms with Gasteiger partial charge in [0.15, 0.2) is 5.82 Å². The molecule has 0 bridgehead atoms. The molecule has 8 nitrogen and oxygen atoms in total. The highest BCUT2D eigenvalue weighted by molar-refractivity contribution is 6.30. The van der Waals surface area contributed by atoms with Crippen LogP contribution < -0.4 is 10.2 Å². The molecule has 0 radical (unpaired) electrons. The van der Waals surface area contributed by atoms with E-state index in [1.54, 1.807) is 4.90 Å². The first-order chi connectivity index (χ1) is 15.1. The second kappa shape index (κ2) is 9.61. The molecular formula is C22H22ClN5O3. The molecule has 2 heterocycles. The summed E-state index contributed by atoms with van der Waals surface area (Å²) in [6, 6.07) is 17.2. The van der Waals surface area contributed by atoms with Gasteiger partial charge in [-0.2, -0.15) is 4.98 Å². The molecule has 1 N–H and O–H groups in total. The van der Waals surface area contributed by atoms with Crippen LogP contribution in [0.3, 0.4) is 0 Å². The van der Waals surface area contributed by atoms with Crippen molar-refractivity contribution in [2.24, 2.45) is 0 Å². The maximum absolute atomic E-state index is 12.7. The first-order valence-electron chi connectivity index (χ1n) is 10.0. The molecule has 0 aliphatic carbocycles. The third-order valence-corrected chi connectivity index (χ3v) is 5.31. The summed E-state index contributed by atoms with van der Waals surface area (Å²) in [7, 11) is 0. The molecule has 1 fully saturated rings. The number of piperazine rings is 1. The van der Waals surface area contributed by atoms with Gasteiger partial charge < -0.3 is 19.6 Å². The zero-order valence-corrected chi connectivity index (χ0v) is 17.6. The minimum atomic E-state index is -0.320. The summed E-state index contributed by atoms with van der Waals surface area (Å²) in [4.78, 5) is 32.8. The van der Waals surface area contributed by atoms with E-state index < -0.39 is 0 Å².